The first-order valence-electron chi connectivity index (χ1n) is 15.9. The van der Waals surface area contributed by atoms with E-state index in [1.54, 1.807) is 81.4 Å². The molecule has 0 heterocycles. The van der Waals surface area contributed by atoms with Gasteiger partial charge in [-0.15, -0.1) is 0 Å². The molecule has 2 aromatic rings. The molecule has 51 heavy (non-hydrogen) atoms. The van der Waals surface area contributed by atoms with Crippen LogP contribution in [-0.4, -0.2) is 71.3 Å². The van der Waals surface area contributed by atoms with E-state index in [2.05, 4.69) is 15.0 Å². The predicted molar refractivity (Wildman–Crippen MR) is 189 cm³/mol. The second-order valence-corrected chi connectivity index (χ2v) is 16.1. The molecule has 0 unspecified atom stereocenters. The Morgan fingerprint density at radius 1 is 0.765 bits per heavy atom. The zero-order valence-corrected chi connectivity index (χ0v) is 31.7. The van der Waals surface area contributed by atoms with Crippen LogP contribution in [0.15, 0.2) is 53.5 Å². The van der Waals surface area contributed by atoms with Gasteiger partial charge in [-0.3, -0.25) is 14.9 Å². The highest BCUT2D eigenvalue weighted by molar-refractivity contribution is 7.87. The maximum atomic E-state index is 13.6. The van der Waals surface area contributed by atoms with Crippen LogP contribution < -0.4 is 14.8 Å². The van der Waals surface area contributed by atoms with E-state index in [0.29, 0.717) is 15.6 Å². The van der Waals surface area contributed by atoms with E-state index in [9.17, 15) is 32.4 Å². The Kier molecular flexibility index (Phi) is 14.0. The third-order valence-corrected chi connectivity index (χ3v) is 7.34. The van der Waals surface area contributed by atoms with E-state index < -0.39 is 75.9 Å². The Labute approximate surface area is 299 Å². The summed E-state index contributed by atoms with van der Waals surface area (Å²) in [6.07, 6.45) is -2.40. The van der Waals surface area contributed by atoms with Gasteiger partial charge in [-0.2, -0.15) is 17.4 Å². The summed E-state index contributed by atoms with van der Waals surface area (Å²) >= 11 is 0. The molecule has 1 atom stereocenters. The van der Waals surface area contributed by atoms with Crippen LogP contribution in [0.1, 0.15) is 98.5 Å². The fraction of sp³-hybridized carbons (Fsp3) is 0.486. The van der Waals surface area contributed by atoms with Crippen LogP contribution >= 0.6 is 0 Å². The summed E-state index contributed by atoms with van der Waals surface area (Å²) in [7, 11) is -4.79. The molecule has 16 heteroatoms. The van der Waals surface area contributed by atoms with E-state index in [1.165, 1.54) is 43.3 Å². The molecule has 0 aliphatic rings. The topological polar surface area (TPSA) is 196 Å². The third-order valence-electron chi connectivity index (χ3n) is 5.90. The summed E-state index contributed by atoms with van der Waals surface area (Å²) in [5, 5.41) is 2.52. The highest BCUT2D eigenvalue weighted by Gasteiger charge is 2.37. The Hall–Kier alpha value is -4.83. The number of alkyl carbamates (subject to hydrolysis) is 1. The molecule has 0 aliphatic heterocycles. The molecule has 15 nitrogen and oxygen atoms in total. The van der Waals surface area contributed by atoms with Gasteiger partial charge in [0, 0.05) is 6.42 Å². The highest BCUT2D eigenvalue weighted by atomic mass is 32.2. The zero-order chi connectivity index (χ0) is 38.9. The van der Waals surface area contributed by atoms with Gasteiger partial charge in [0.05, 0.1) is 17.8 Å². The van der Waals surface area contributed by atoms with Crippen molar-refractivity contribution < 1.29 is 51.3 Å². The van der Waals surface area contributed by atoms with Gasteiger partial charge in [0.1, 0.15) is 40.2 Å². The van der Waals surface area contributed by atoms with E-state index in [1.807, 2.05) is 0 Å². The Bertz CT molecular complexity index is 1720. The number of hydrogen-bond acceptors (Lipinski definition) is 12. The lowest BCUT2D eigenvalue weighted by atomic mass is 10.1. The van der Waals surface area contributed by atoms with Gasteiger partial charge >= 0.3 is 34.3 Å². The van der Waals surface area contributed by atoms with E-state index in [4.69, 9.17) is 18.9 Å². The van der Waals surface area contributed by atoms with E-state index in [0.717, 1.165) is 0 Å². The number of amidine groups is 1. The highest BCUT2D eigenvalue weighted by Crippen LogP contribution is 2.21. The van der Waals surface area contributed by atoms with Crippen molar-refractivity contribution in [2.45, 2.75) is 112 Å². The average Bonchev–Trinajstić information content (AvgIpc) is 2.93. The van der Waals surface area contributed by atoms with Crippen molar-refractivity contribution in [3.8, 4) is 5.75 Å². The van der Waals surface area contributed by atoms with Crippen LogP contribution in [0.3, 0.4) is 0 Å². The molecule has 2 rings (SSSR count). The number of nitrogens with one attached hydrogen (secondary N) is 2. The molecule has 280 valence electrons. The molecular formula is C35H48N4O11S. The van der Waals surface area contributed by atoms with Gasteiger partial charge in [-0.25, -0.2) is 19.4 Å². The number of ether oxygens (including phenoxy) is 4. The minimum atomic E-state index is -4.79. The summed E-state index contributed by atoms with van der Waals surface area (Å²) in [4.78, 5) is 66.9. The zero-order valence-electron chi connectivity index (χ0n) is 30.9. The van der Waals surface area contributed by atoms with Crippen molar-refractivity contribution in [3.63, 3.8) is 0 Å². The first-order valence-corrected chi connectivity index (χ1v) is 17.4. The van der Waals surface area contributed by atoms with Crippen LogP contribution in [-0.2, 0) is 40.6 Å². The van der Waals surface area contributed by atoms with Crippen molar-refractivity contribution >= 4 is 51.6 Å². The molecule has 0 radical (unpaired) electrons. The Morgan fingerprint density at radius 2 is 1.29 bits per heavy atom. The smallest absolute Gasteiger partial charge is 0.425 e. The fourth-order valence-corrected chi connectivity index (χ4v) is 5.20. The van der Waals surface area contributed by atoms with Gasteiger partial charge in [-0.1, -0.05) is 12.1 Å². The minimum absolute atomic E-state index is 0.125. The number of amides is 2. The van der Waals surface area contributed by atoms with Crippen LogP contribution in [0.25, 0.3) is 0 Å². The van der Waals surface area contributed by atoms with Crippen LogP contribution in [0.5, 0.6) is 5.75 Å². The van der Waals surface area contributed by atoms with Crippen LogP contribution in [0.2, 0.25) is 0 Å². The lowest BCUT2D eigenvalue weighted by Crippen LogP contribution is -2.52. The first kappa shape index (κ1) is 42.3. The number of carbonyl (C=O) groups excluding carboxylic acids is 5. The summed E-state index contributed by atoms with van der Waals surface area (Å²) in [6.45, 7) is 16.9. The maximum Gasteiger partial charge on any atom is 0.425 e. The first-order chi connectivity index (χ1) is 23.2. The third kappa shape index (κ3) is 15.7. The molecule has 0 spiro atoms. The SMILES string of the molecule is CC(=O)C[C@H](NS(=O)(=O)N(Cc1ccc(OC(=O)c2ccc(N=C(C)NC(=O)OC(C)(C)C)cc2)cc1)C(=O)OC(C)(C)C)C(=O)OC(C)(C)C. The molecule has 2 aromatic carbocycles. The number of carbonyl (C=O) groups is 5. The largest absolute Gasteiger partial charge is 0.459 e. The van der Waals surface area contributed by atoms with Gasteiger partial charge in [-0.05, 0) is 118 Å². The molecule has 0 aromatic heterocycles. The summed E-state index contributed by atoms with van der Waals surface area (Å²) in [6, 6.07) is 10.2. The number of esters is 2. The minimum Gasteiger partial charge on any atom is -0.459 e. The van der Waals surface area contributed by atoms with Gasteiger partial charge in [0.2, 0.25) is 0 Å². The summed E-state index contributed by atoms with van der Waals surface area (Å²) < 4.78 is 50.9. The second kappa shape index (κ2) is 16.9. The molecule has 2 N–H and O–H groups in total. The summed E-state index contributed by atoms with van der Waals surface area (Å²) in [5.41, 5.74) is -1.77. The van der Waals surface area contributed by atoms with Crippen molar-refractivity contribution in [1.82, 2.24) is 14.3 Å². The number of ketones is 1. The van der Waals surface area contributed by atoms with Crippen LogP contribution in [0.4, 0.5) is 15.3 Å². The molecule has 2 amide bonds. The maximum absolute atomic E-state index is 13.6. The summed E-state index contributed by atoms with van der Waals surface area (Å²) in [5.74, 6) is -1.77. The molecule has 0 bridgehead atoms. The van der Waals surface area contributed by atoms with E-state index in [-0.39, 0.29) is 17.1 Å². The Morgan fingerprint density at radius 3 is 1.78 bits per heavy atom. The van der Waals surface area contributed by atoms with Crippen molar-refractivity contribution in [2.24, 2.45) is 4.99 Å². The molecular weight excluding hydrogens is 684 g/mol. The van der Waals surface area contributed by atoms with Crippen molar-refractivity contribution in [3.05, 3.63) is 59.7 Å². The number of nitrogens with zero attached hydrogens (tertiary/aromatic N) is 2. The molecule has 0 saturated carbocycles. The number of Topliss-reactive ketones (excluding diaryl/α,β-unsaturated/α-hetero) is 1. The number of benzene rings is 2. The standard InChI is InChI=1S/C35H48N4O11S/c1-22(40)20-28(30(42)48-33(3,4)5)38-51(45,46)39(32(44)50-35(9,10)11)21-24-12-18-27(19-13-24)47-29(41)25-14-16-26(17-15-25)36-23(2)37-31(43)49-34(6,7)8/h12-19,28,38H,20-21H2,1-11H3,(H,36,37,43)/t28-/m0/s1. The Balaban J connectivity index is 2.22. The molecule has 0 fully saturated rings. The second-order valence-electron chi connectivity index (χ2n) is 14.5. The molecule has 0 saturated heterocycles. The van der Waals surface area contributed by atoms with Crippen molar-refractivity contribution in [2.75, 3.05) is 0 Å². The number of hydrogen-bond donors (Lipinski definition) is 2. The van der Waals surface area contributed by atoms with Gasteiger partial charge in [0.15, 0.2) is 0 Å². The monoisotopic (exact) mass is 732 g/mol. The predicted octanol–water partition coefficient (Wildman–Crippen LogP) is 5.74. The number of aliphatic imine (C=N–C) groups is 1. The fourth-order valence-electron chi connectivity index (χ4n) is 3.98. The number of rotatable bonds is 11. The lowest BCUT2D eigenvalue weighted by molar-refractivity contribution is -0.157. The van der Waals surface area contributed by atoms with E-state index >= 15 is 0 Å². The van der Waals surface area contributed by atoms with Gasteiger partial charge in [0.25, 0.3) is 0 Å². The van der Waals surface area contributed by atoms with Gasteiger partial charge < -0.3 is 18.9 Å². The molecule has 0 aliphatic carbocycles. The lowest BCUT2D eigenvalue weighted by Gasteiger charge is -2.29. The normalized spacial score (nSPS) is 13.0. The van der Waals surface area contributed by atoms with Crippen LogP contribution in [0, 0.1) is 0 Å². The quantitative estimate of drug-likeness (QED) is 0.0940. The average molecular weight is 733 g/mol. The van der Waals surface area contributed by atoms with Crippen molar-refractivity contribution in [1.29, 1.82) is 0 Å².